The van der Waals surface area contributed by atoms with Crippen molar-refractivity contribution in [1.82, 2.24) is 10.2 Å². The molecule has 0 saturated heterocycles. The van der Waals surface area contributed by atoms with Crippen molar-refractivity contribution in [2.24, 2.45) is 0 Å². The number of fused-ring (bicyclic) bond motifs is 1. The number of anilines is 1. The second-order valence-corrected chi connectivity index (χ2v) is 4.65. The first-order chi connectivity index (χ1) is 8.88. The van der Waals surface area contributed by atoms with Crippen molar-refractivity contribution in [1.29, 1.82) is 0 Å². The molecule has 1 fully saturated rings. The normalized spacial score (nSPS) is 16.9. The summed E-state index contributed by atoms with van der Waals surface area (Å²) in [5, 5.41) is 10.7. The molecule has 5 heteroatoms. The number of rotatable bonds is 3. The van der Waals surface area contributed by atoms with Crippen molar-refractivity contribution in [3.8, 4) is 22.8 Å². The first kappa shape index (κ1) is 9.82. The van der Waals surface area contributed by atoms with Gasteiger partial charge in [-0.3, -0.25) is 5.10 Å². The summed E-state index contributed by atoms with van der Waals surface area (Å²) in [6, 6.07) is 8.53. The minimum absolute atomic E-state index is 0.302. The lowest BCUT2D eigenvalue weighted by molar-refractivity contribution is 0.174. The maximum Gasteiger partial charge on any atom is 0.231 e. The standard InChI is InChI=1S/C13H13N3O2/c1-4-11-12(18-7-17-11)5-8(1)10-6-13(16-15-10)14-9-2-3-9/h1,4-6,9H,2-3,7H2,(H2,14,15,16). The van der Waals surface area contributed by atoms with Crippen molar-refractivity contribution in [3.63, 3.8) is 0 Å². The van der Waals surface area contributed by atoms with Gasteiger partial charge in [0.15, 0.2) is 11.5 Å². The number of aromatic nitrogens is 2. The minimum Gasteiger partial charge on any atom is -0.454 e. The van der Waals surface area contributed by atoms with E-state index in [1.54, 1.807) is 0 Å². The molecular weight excluding hydrogens is 230 g/mol. The van der Waals surface area contributed by atoms with E-state index in [2.05, 4.69) is 15.5 Å². The van der Waals surface area contributed by atoms with Gasteiger partial charge < -0.3 is 14.8 Å². The second-order valence-electron chi connectivity index (χ2n) is 4.65. The molecule has 2 aromatic rings. The van der Waals surface area contributed by atoms with Gasteiger partial charge in [-0.15, -0.1) is 0 Å². The summed E-state index contributed by atoms with van der Waals surface area (Å²) in [5.74, 6) is 2.50. The van der Waals surface area contributed by atoms with E-state index in [0.29, 0.717) is 12.8 Å². The van der Waals surface area contributed by atoms with Gasteiger partial charge >= 0.3 is 0 Å². The van der Waals surface area contributed by atoms with E-state index < -0.39 is 0 Å². The molecule has 1 aliphatic heterocycles. The average Bonchev–Trinajstić information content (AvgIpc) is 2.91. The largest absolute Gasteiger partial charge is 0.454 e. The molecule has 5 nitrogen and oxygen atoms in total. The highest BCUT2D eigenvalue weighted by atomic mass is 16.7. The lowest BCUT2D eigenvalue weighted by atomic mass is 10.1. The van der Waals surface area contributed by atoms with Crippen LogP contribution in [0.3, 0.4) is 0 Å². The monoisotopic (exact) mass is 243 g/mol. The number of hydrogen-bond acceptors (Lipinski definition) is 4. The lowest BCUT2D eigenvalue weighted by Gasteiger charge is -1.99. The van der Waals surface area contributed by atoms with Crippen LogP contribution in [0.5, 0.6) is 11.5 Å². The number of hydrogen-bond donors (Lipinski definition) is 2. The molecule has 0 amide bonds. The molecule has 2 heterocycles. The minimum atomic E-state index is 0.302. The topological polar surface area (TPSA) is 59.2 Å². The predicted octanol–water partition coefficient (Wildman–Crippen LogP) is 2.38. The molecule has 2 N–H and O–H groups in total. The van der Waals surface area contributed by atoms with Crippen LogP contribution in [0.25, 0.3) is 11.3 Å². The highest BCUT2D eigenvalue weighted by Gasteiger charge is 2.22. The van der Waals surface area contributed by atoms with Gasteiger partial charge in [0, 0.05) is 17.7 Å². The van der Waals surface area contributed by atoms with Crippen molar-refractivity contribution in [3.05, 3.63) is 24.3 Å². The second kappa shape index (κ2) is 3.66. The van der Waals surface area contributed by atoms with E-state index >= 15 is 0 Å². The van der Waals surface area contributed by atoms with Crippen LogP contribution >= 0.6 is 0 Å². The molecule has 1 aromatic heterocycles. The molecule has 0 atom stereocenters. The smallest absolute Gasteiger partial charge is 0.231 e. The Labute approximate surface area is 104 Å². The fourth-order valence-corrected chi connectivity index (χ4v) is 2.04. The fourth-order valence-electron chi connectivity index (χ4n) is 2.04. The Morgan fingerprint density at radius 3 is 2.94 bits per heavy atom. The van der Waals surface area contributed by atoms with Crippen LogP contribution in [0.1, 0.15) is 12.8 Å². The van der Waals surface area contributed by atoms with Gasteiger partial charge in [-0.05, 0) is 31.0 Å². The molecule has 0 spiro atoms. The Morgan fingerprint density at radius 1 is 1.17 bits per heavy atom. The van der Waals surface area contributed by atoms with Crippen molar-refractivity contribution >= 4 is 5.82 Å². The number of ether oxygens (including phenoxy) is 2. The van der Waals surface area contributed by atoms with Gasteiger partial charge in [0.1, 0.15) is 5.82 Å². The Morgan fingerprint density at radius 2 is 2.06 bits per heavy atom. The molecule has 0 bridgehead atoms. The summed E-state index contributed by atoms with van der Waals surface area (Å²) in [5.41, 5.74) is 2.03. The van der Waals surface area contributed by atoms with Crippen LogP contribution in [0.15, 0.2) is 24.3 Å². The van der Waals surface area contributed by atoms with Crippen LogP contribution in [0.4, 0.5) is 5.82 Å². The van der Waals surface area contributed by atoms with Crippen molar-refractivity contribution in [2.75, 3.05) is 12.1 Å². The van der Waals surface area contributed by atoms with Gasteiger partial charge in [-0.25, -0.2) is 0 Å². The zero-order valence-corrected chi connectivity index (χ0v) is 9.77. The van der Waals surface area contributed by atoms with Crippen LogP contribution < -0.4 is 14.8 Å². The molecule has 4 rings (SSSR count). The molecule has 1 saturated carbocycles. The maximum atomic E-state index is 5.37. The van der Waals surface area contributed by atoms with Gasteiger partial charge in [-0.2, -0.15) is 5.10 Å². The van der Waals surface area contributed by atoms with Crippen LogP contribution in [-0.4, -0.2) is 23.0 Å². The highest BCUT2D eigenvalue weighted by molar-refractivity contribution is 5.66. The first-order valence-electron chi connectivity index (χ1n) is 6.10. The van der Waals surface area contributed by atoms with Gasteiger partial charge in [0.25, 0.3) is 0 Å². The third-order valence-electron chi connectivity index (χ3n) is 3.19. The Hall–Kier alpha value is -2.17. The summed E-state index contributed by atoms with van der Waals surface area (Å²) < 4.78 is 10.7. The summed E-state index contributed by atoms with van der Waals surface area (Å²) in [6.45, 7) is 0.302. The first-order valence-corrected chi connectivity index (χ1v) is 6.10. The molecule has 1 aromatic carbocycles. The van der Waals surface area contributed by atoms with E-state index in [1.165, 1.54) is 12.8 Å². The maximum absolute atomic E-state index is 5.37. The van der Waals surface area contributed by atoms with Crippen molar-refractivity contribution < 1.29 is 9.47 Å². The highest BCUT2D eigenvalue weighted by Crippen LogP contribution is 2.36. The molecule has 2 aliphatic rings. The Bertz CT molecular complexity index is 590. The molecule has 1 aliphatic carbocycles. The van der Waals surface area contributed by atoms with E-state index in [9.17, 15) is 0 Å². The average molecular weight is 243 g/mol. The molecule has 0 unspecified atom stereocenters. The summed E-state index contributed by atoms with van der Waals surface area (Å²) in [6.07, 6.45) is 2.48. The molecule has 18 heavy (non-hydrogen) atoms. The summed E-state index contributed by atoms with van der Waals surface area (Å²) in [4.78, 5) is 0. The van der Waals surface area contributed by atoms with Gasteiger partial charge in [0.2, 0.25) is 6.79 Å². The fraction of sp³-hybridized carbons (Fsp3) is 0.308. The number of H-pyrrole nitrogens is 1. The van der Waals surface area contributed by atoms with E-state index in [1.807, 2.05) is 24.3 Å². The number of aromatic amines is 1. The third-order valence-corrected chi connectivity index (χ3v) is 3.19. The Kier molecular flexibility index (Phi) is 2.00. The van der Waals surface area contributed by atoms with E-state index in [0.717, 1.165) is 28.6 Å². The number of benzene rings is 1. The SMILES string of the molecule is c1cc2c(cc1-c1cc(NC3CC3)n[nH]1)OCO2. The summed E-state index contributed by atoms with van der Waals surface area (Å²) >= 11 is 0. The van der Waals surface area contributed by atoms with Crippen LogP contribution in [-0.2, 0) is 0 Å². The predicted molar refractivity (Wildman–Crippen MR) is 66.8 cm³/mol. The third kappa shape index (κ3) is 1.68. The quantitative estimate of drug-likeness (QED) is 0.869. The zero-order valence-electron chi connectivity index (χ0n) is 9.77. The zero-order chi connectivity index (χ0) is 11.9. The van der Waals surface area contributed by atoms with Gasteiger partial charge in [0.05, 0.1) is 5.69 Å². The number of nitrogens with zero attached hydrogens (tertiary/aromatic N) is 1. The number of nitrogens with one attached hydrogen (secondary N) is 2. The van der Waals surface area contributed by atoms with Crippen LogP contribution in [0.2, 0.25) is 0 Å². The van der Waals surface area contributed by atoms with Crippen LogP contribution in [0, 0.1) is 0 Å². The van der Waals surface area contributed by atoms with Crippen molar-refractivity contribution in [2.45, 2.75) is 18.9 Å². The van der Waals surface area contributed by atoms with Gasteiger partial charge in [-0.1, -0.05) is 0 Å². The molecular formula is C13H13N3O2. The molecule has 92 valence electrons. The van der Waals surface area contributed by atoms with E-state index in [-0.39, 0.29) is 0 Å². The molecule has 0 radical (unpaired) electrons. The Balaban J connectivity index is 1.63. The lowest BCUT2D eigenvalue weighted by Crippen LogP contribution is -2.00. The summed E-state index contributed by atoms with van der Waals surface area (Å²) in [7, 11) is 0. The van der Waals surface area contributed by atoms with E-state index in [4.69, 9.17) is 9.47 Å².